The number of nitro groups is 1. The summed E-state index contributed by atoms with van der Waals surface area (Å²) in [6.07, 6.45) is 2.39. The Morgan fingerprint density at radius 1 is 1.15 bits per heavy atom. The van der Waals surface area contributed by atoms with E-state index in [2.05, 4.69) is 21.2 Å². The molecule has 0 unspecified atom stereocenters. The van der Waals surface area contributed by atoms with Gasteiger partial charge in [0.2, 0.25) is 0 Å². The first kappa shape index (κ1) is 23.7. The van der Waals surface area contributed by atoms with Crippen LogP contribution in [0.15, 0.2) is 76.8 Å². The highest BCUT2D eigenvalue weighted by atomic mass is 79.9. The quantitative estimate of drug-likeness (QED) is 0.174. The third kappa shape index (κ3) is 6.51. The van der Waals surface area contributed by atoms with Crippen molar-refractivity contribution in [3.05, 3.63) is 104 Å². The first-order valence-electron chi connectivity index (χ1n) is 10.1. The molecule has 0 aliphatic carbocycles. The number of nitriles is 1. The van der Waals surface area contributed by atoms with Crippen molar-refractivity contribution in [2.45, 2.75) is 20.0 Å². The molecule has 0 aliphatic heterocycles. The van der Waals surface area contributed by atoms with Gasteiger partial charge in [0.15, 0.2) is 0 Å². The second-order valence-corrected chi connectivity index (χ2v) is 7.93. The van der Waals surface area contributed by atoms with Gasteiger partial charge in [0.05, 0.1) is 9.40 Å². The second kappa shape index (κ2) is 11.1. The van der Waals surface area contributed by atoms with Crippen molar-refractivity contribution < 1.29 is 14.5 Å². The minimum atomic E-state index is -0.496. The number of nitrogens with zero attached hydrogens (tertiary/aromatic N) is 2. The summed E-state index contributed by atoms with van der Waals surface area (Å²) in [6.45, 7) is 2.20. The molecule has 0 aromatic heterocycles. The Hall–Kier alpha value is -3.96. The van der Waals surface area contributed by atoms with Crippen LogP contribution in [0.5, 0.6) is 5.75 Å². The topological polar surface area (TPSA) is 105 Å². The number of carbonyl (C=O) groups is 1. The predicted octanol–water partition coefficient (Wildman–Crippen LogP) is 6.04. The van der Waals surface area contributed by atoms with Crippen LogP contribution in [0.4, 0.5) is 11.4 Å². The number of nitro benzene ring substituents is 1. The lowest BCUT2D eigenvalue weighted by atomic mass is 10.1. The van der Waals surface area contributed by atoms with Crippen LogP contribution in [0.2, 0.25) is 0 Å². The summed E-state index contributed by atoms with van der Waals surface area (Å²) in [7, 11) is 0. The third-order valence-corrected chi connectivity index (χ3v) is 5.39. The lowest BCUT2D eigenvalue weighted by Crippen LogP contribution is -2.13. The van der Waals surface area contributed by atoms with E-state index in [1.54, 1.807) is 42.5 Å². The van der Waals surface area contributed by atoms with E-state index >= 15 is 0 Å². The Morgan fingerprint density at radius 3 is 2.55 bits per heavy atom. The van der Waals surface area contributed by atoms with Crippen LogP contribution in [0, 0.1) is 21.4 Å². The van der Waals surface area contributed by atoms with Gasteiger partial charge in [-0.2, -0.15) is 5.26 Å². The van der Waals surface area contributed by atoms with Crippen LogP contribution in [0.1, 0.15) is 23.6 Å². The van der Waals surface area contributed by atoms with Crippen LogP contribution >= 0.6 is 15.9 Å². The molecular weight excluding hydrogens is 486 g/mol. The highest BCUT2D eigenvalue weighted by molar-refractivity contribution is 9.10. The highest BCUT2D eigenvalue weighted by Crippen LogP contribution is 2.28. The molecule has 3 rings (SSSR count). The molecule has 0 fully saturated rings. The molecule has 7 nitrogen and oxygen atoms in total. The minimum absolute atomic E-state index is 0.000679. The average molecular weight is 506 g/mol. The first-order valence-corrected chi connectivity index (χ1v) is 10.9. The molecule has 166 valence electrons. The Balaban J connectivity index is 1.69. The van der Waals surface area contributed by atoms with Crippen LogP contribution in [-0.2, 0) is 17.8 Å². The molecule has 0 spiro atoms. The molecule has 0 saturated heterocycles. The summed E-state index contributed by atoms with van der Waals surface area (Å²) in [5.74, 6) is 0.0292. The largest absolute Gasteiger partial charge is 0.488 e. The lowest BCUT2D eigenvalue weighted by Gasteiger charge is -2.09. The van der Waals surface area contributed by atoms with Gasteiger partial charge in [0.25, 0.3) is 11.6 Å². The number of carbonyl (C=O) groups excluding carboxylic acids is 1. The van der Waals surface area contributed by atoms with E-state index in [4.69, 9.17) is 4.74 Å². The van der Waals surface area contributed by atoms with E-state index in [9.17, 15) is 20.2 Å². The number of benzene rings is 3. The van der Waals surface area contributed by atoms with Gasteiger partial charge in [-0.15, -0.1) is 0 Å². The summed E-state index contributed by atoms with van der Waals surface area (Å²) < 4.78 is 6.37. The fourth-order valence-electron chi connectivity index (χ4n) is 2.98. The molecular formula is C25H20BrN3O4. The number of non-ortho nitro benzene ring substituents is 1. The normalized spacial score (nSPS) is 10.9. The molecule has 0 saturated carbocycles. The Morgan fingerprint density at radius 2 is 1.91 bits per heavy atom. The Kier molecular flexibility index (Phi) is 7.95. The second-order valence-electron chi connectivity index (χ2n) is 7.08. The van der Waals surface area contributed by atoms with Crippen molar-refractivity contribution in [2.75, 3.05) is 5.32 Å². The smallest absolute Gasteiger partial charge is 0.269 e. The zero-order chi connectivity index (χ0) is 23.8. The van der Waals surface area contributed by atoms with Crippen molar-refractivity contribution in [2.24, 2.45) is 0 Å². The number of nitrogens with one attached hydrogen (secondary N) is 1. The number of amides is 1. The number of halogens is 1. The van der Waals surface area contributed by atoms with Gasteiger partial charge in [-0.3, -0.25) is 14.9 Å². The monoisotopic (exact) mass is 505 g/mol. The maximum absolute atomic E-state index is 12.5. The van der Waals surface area contributed by atoms with Gasteiger partial charge >= 0.3 is 0 Å². The van der Waals surface area contributed by atoms with Gasteiger partial charge < -0.3 is 10.1 Å². The Bertz CT molecular complexity index is 1250. The molecule has 33 heavy (non-hydrogen) atoms. The molecule has 0 atom stereocenters. The molecule has 0 radical (unpaired) electrons. The number of ether oxygens (including phenoxy) is 1. The summed E-state index contributed by atoms with van der Waals surface area (Å²) in [6, 6.07) is 20.8. The SMILES string of the molecule is CCc1ccc(NC(=O)/C(C#N)=C/c2ccc(OCc3cccc([N+](=O)[O-])c3)c(Br)c2)cc1. The van der Waals surface area contributed by atoms with E-state index in [-0.39, 0.29) is 17.9 Å². The van der Waals surface area contributed by atoms with Gasteiger partial charge in [-0.25, -0.2) is 0 Å². The van der Waals surface area contributed by atoms with E-state index in [1.807, 2.05) is 25.1 Å². The van der Waals surface area contributed by atoms with Crippen molar-refractivity contribution in [1.29, 1.82) is 5.26 Å². The zero-order valence-electron chi connectivity index (χ0n) is 17.7. The summed E-state index contributed by atoms with van der Waals surface area (Å²) in [4.78, 5) is 23.0. The van der Waals surface area contributed by atoms with Crippen LogP contribution in [0.3, 0.4) is 0 Å². The van der Waals surface area contributed by atoms with E-state index < -0.39 is 10.8 Å². The van der Waals surface area contributed by atoms with Gasteiger partial charge in [-0.05, 0) is 69.4 Å². The van der Waals surface area contributed by atoms with Gasteiger partial charge in [-0.1, -0.05) is 37.3 Å². The lowest BCUT2D eigenvalue weighted by molar-refractivity contribution is -0.384. The number of anilines is 1. The first-order chi connectivity index (χ1) is 15.9. The maximum Gasteiger partial charge on any atom is 0.269 e. The van der Waals surface area contributed by atoms with Crippen LogP contribution in [-0.4, -0.2) is 10.8 Å². The number of hydrogen-bond donors (Lipinski definition) is 1. The van der Waals surface area contributed by atoms with Gasteiger partial charge in [0, 0.05) is 17.8 Å². The fraction of sp³-hybridized carbons (Fsp3) is 0.120. The standard InChI is InChI=1S/C25H20BrN3O4/c1-2-17-6-9-21(10-7-17)28-25(30)20(15-27)12-18-8-11-24(23(26)14-18)33-16-19-4-3-5-22(13-19)29(31)32/h3-14H,2,16H2,1H3,(H,28,30)/b20-12+. The van der Waals surface area contributed by atoms with Crippen molar-refractivity contribution in [3.63, 3.8) is 0 Å². The molecule has 0 heterocycles. The minimum Gasteiger partial charge on any atom is -0.488 e. The van der Waals surface area contributed by atoms with Crippen molar-refractivity contribution in [3.8, 4) is 11.8 Å². The third-order valence-electron chi connectivity index (χ3n) is 4.77. The van der Waals surface area contributed by atoms with E-state index in [0.717, 1.165) is 12.0 Å². The molecule has 3 aromatic rings. The highest BCUT2D eigenvalue weighted by Gasteiger charge is 2.11. The van der Waals surface area contributed by atoms with E-state index in [0.29, 0.717) is 27.0 Å². The van der Waals surface area contributed by atoms with Crippen molar-refractivity contribution >= 4 is 39.3 Å². The van der Waals surface area contributed by atoms with Crippen LogP contribution in [0.25, 0.3) is 6.08 Å². The molecule has 8 heteroatoms. The summed E-state index contributed by atoms with van der Waals surface area (Å²) >= 11 is 3.43. The fourth-order valence-corrected chi connectivity index (χ4v) is 3.49. The number of rotatable bonds is 8. The van der Waals surface area contributed by atoms with Crippen molar-refractivity contribution in [1.82, 2.24) is 0 Å². The maximum atomic E-state index is 12.5. The average Bonchev–Trinajstić information content (AvgIpc) is 2.82. The Labute approximate surface area is 199 Å². The molecule has 1 amide bonds. The van der Waals surface area contributed by atoms with Gasteiger partial charge in [0.1, 0.15) is 24.0 Å². The van der Waals surface area contributed by atoms with Crippen LogP contribution < -0.4 is 10.1 Å². The number of aryl methyl sites for hydroxylation is 1. The molecule has 0 bridgehead atoms. The number of hydrogen-bond acceptors (Lipinski definition) is 5. The molecule has 3 aromatic carbocycles. The summed E-state index contributed by atoms with van der Waals surface area (Å²) in [5.41, 5.74) is 3.03. The zero-order valence-corrected chi connectivity index (χ0v) is 19.3. The molecule has 1 N–H and O–H groups in total. The van der Waals surface area contributed by atoms with E-state index in [1.165, 1.54) is 18.2 Å². The summed E-state index contributed by atoms with van der Waals surface area (Å²) in [5, 5.41) is 23.1. The molecule has 0 aliphatic rings. The predicted molar refractivity (Wildman–Crippen MR) is 130 cm³/mol.